The number of hydrogen-bond acceptors (Lipinski definition) is 3. The van der Waals surface area contributed by atoms with E-state index in [1.807, 2.05) is 17.2 Å². The second-order valence-electron chi connectivity index (χ2n) is 4.87. The summed E-state index contributed by atoms with van der Waals surface area (Å²) in [5, 5.41) is 1.15. The predicted octanol–water partition coefficient (Wildman–Crippen LogP) is 2.07. The van der Waals surface area contributed by atoms with Gasteiger partial charge in [0.1, 0.15) is 0 Å². The number of piperazine rings is 1. The van der Waals surface area contributed by atoms with Gasteiger partial charge in [-0.15, -0.1) is 0 Å². The molecule has 0 radical (unpaired) electrons. The highest BCUT2D eigenvalue weighted by Crippen LogP contribution is 2.25. The van der Waals surface area contributed by atoms with Gasteiger partial charge in [0, 0.05) is 37.8 Å². The van der Waals surface area contributed by atoms with Crippen LogP contribution < -0.4 is 4.90 Å². The molecular weight excluding hydrogens is 250 g/mol. The fourth-order valence-electron chi connectivity index (χ4n) is 2.64. The molecule has 20 heavy (non-hydrogen) atoms. The lowest BCUT2D eigenvalue weighted by Crippen LogP contribution is -2.48. The lowest BCUT2D eigenvalue weighted by molar-refractivity contribution is -0.126. The Hall–Kier alpha value is -2.36. The van der Waals surface area contributed by atoms with Crippen LogP contribution in [0.3, 0.4) is 0 Å². The van der Waals surface area contributed by atoms with Crippen LogP contribution in [0.25, 0.3) is 10.9 Å². The quantitative estimate of drug-likeness (QED) is 0.782. The van der Waals surface area contributed by atoms with Gasteiger partial charge in [-0.05, 0) is 18.2 Å². The smallest absolute Gasteiger partial charge is 0.246 e. The molecule has 0 spiro atoms. The average molecular weight is 267 g/mol. The Labute approximate surface area is 118 Å². The number of aromatic nitrogens is 1. The van der Waals surface area contributed by atoms with Gasteiger partial charge in [0.25, 0.3) is 0 Å². The minimum absolute atomic E-state index is 0.0145. The zero-order chi connectivity index (χ0) is 13.9. The van der Waals surface area contributed by atoms with Gasteiger partial charge in [-0.25, -0.2) is 0 Å². The Morgan fingerprint density at radius 2 is 1.90 bits per heavy atom. The Balaban J connectivity index is 1.83. The van der Waals surface area contributed by atoms with E-state index in [0.717, 1.165) is 42.8 Å². The van der Waals surface area contributed by atoms with Gasteiger partial charge in [-0.2, -0.15) is 0 Å². The zero-order valence-electron chi connectivity index (χ0n) is 11.3. The molecule has 2 aromatic rings. The van der Waals surface area contributed by atoms with E-state index in [2.05, 4.69) is 40.7 Å². The predicted molar refractivity (Wildman–Crippen MR) is 80.7 cm³/mol. The summed E-state index contributed by atoms with van der Waals surface area (Å²) in [6, 6.07) is 10.3. The fourth-order valence-corrected chi connectivity index (χ4v) is 2.64. The van der Waals surface area contributed by atoms with Crippen LogP contribution in [0.2, 0.25) is 0 Å². The van der Waals surface area contributed by atoms with Crippen LogP contribution in [0, 0.1) is 0 Å². The first-order valence-corrected chi connectivity index (χ1v) is 6.79. The number of pyridine rings is 1. The normalized spacial score (nSPS) is 15.4. The first-order valence-electron chi connectivity index (χ1n) is 6.79. The standard InChI is InChI=1S/C16H17N3O/c1-2-15(20)19-11-9-18(10-12-19)14-7-3-5-13-6-4-8-17-16(13)14/h2-8H,1,9-12H2. The number of rotatable bonds is 2. The minimum atomic E-state index is 0.0145. The van der Waals surface area contributed by atoms with Crippen LogP contribution in [0.5, 0.6) is 0 Å². The second kappa shape index (κ2) is 5.33. The largest absolute Gasteiger partial charge is 0.366 e. The molecule has 1 aliphatic heterocycles. The number of nitrogens with zero attached hydrogens (tertiary/aromatic N) is 3. The maximum atomic E-state index is 11.6. The molecule has 0 bridgehead atoms. The number of carbonyl (C=O) groups excluding carboxylic acids is 1. The lowest BCUT2D eigenvalue weighted by atomic mass is 10.1. The van der Waals surface area contributed by atoms with Crippen molar-refractivity contribution < 1.29 is 4.79 Å². The van der Waals surface area contributed by atoms with Gasteiger partial charge in [0.15, 0.2) is 0 Å². The third-order valence-electron chi connectivity index (χ3n) is 3.72. The van der Waals surface area contributed by atoms with E-state index in [-0.39, 0.29) is 5.91 Å². The van der Waals surface area contributed by atoms with Crippen molar-refractivity contribution in [3.63, 3.8) is 0 Å². The minimum Gasteiger partial charge on any atom is -0.366 e. The van der Waals surface area contributed by atoms with E-state index >= 15 is 0 Å². The van der Waals surface area contributed by atoms with Crippen molar-refractivity contribution in [1.82, 2.24) is 9.88 Å². The molecule has 1 amide bonds. The molecule has 1 saturated heterocycles. The van der Waals surface area contributed by atoms with Crippen molar-refractivity contribution in [2.45, 2.75) is 0 Å². The fraction of sp³-hybridized carbons (Fsp3) is 0.250. The average Bonchev–Trinajstić information content (AvgIpc) is 2.54. The SMILES string of the molecule is C=CC(=O)N1CCN(c2cccc3cccnc23)CC1. The molecule has 1 aromatic heterocycles. The first kappa shape index (κ1) is 12.7. The summed E-state index contributed by atoms with van der Waals surface area (Å²) in [5.74, 6) is 0.0145. The van der Waals surface area contributed by atoms with E-state index in [9.17, 15) is 4.79 Å². The van der Waals surface area contributed by atoms with E-state index in [1.165, 1.54) is 6.08 Å². The van der Waals surface area contributed by atoms with Crippen LogP contribution in [0.15, 0.2) is 49.2 Å². The van der Waals surface area contributed by atoms with Crippen LogP contribution in [0.1, 0.15) is 0 Å². The maximum absolute atomic E-state index is 11.6. The van der Waals surface area contributed by atoms with Crippen LogP contribution >= 0.6 is 0 Å². The lowest BCUT2D eigenvalue weighted by Gasteiger charge is -2.35. The number of hydrogen-bond donors (Lipinski definition) is 0. The first-order chi connectivity index (χ1) is 9.79. The van der Waals surface area contributed by atoms with Crippen molar-refractivity contribution in [2.75, 3.05) is 31.1 Å². The highest BCUT2D eigenvalue weighted by atomic mass is 16.2. The highest BCUT2D eigenvalue weighted by molar-refractivity contribution is 5.91. The Morgan fingerprint density at radius 1 is 1.15 bits per heavy atom. The zero-order valence-corrected chi connectivity index (χ0v) is 11.3. The van der Waals surface area contributed by atoms with Crippen molar-refractivity contribution in [2.24, 2.45) is 0 Å². The van der Waals surface area contributed by atoms with Crippen molar-refractivity contribution in [1.29, 1.82) is 0 Å². The third-order valence-corrected chi connectivity index (χ3v) is 3.72. The molecular formula is C16H17N3O. The maximum Gasteiger partial charge on any atom is 0.246 e. The van der Waals surface area contributed by atoms with Crippen molar-refractivity contribution in [3.05, 3.63) is 49.2 Å². The molecule has 0 unspecified atom stereocenters. The molecule has 2 heterocycles. The van der Waals surface area contributed by atoms with Crippen LogP contribution in [-0.4, -0.2) is 42.0 Å². The van der Waals surface area contributed by atoms with Gasteiger partial charge in [-0.3, -0.25) is 9.78 Å². The molecule has 1 aliphatic rings. The van der Waals surface area contributed by atoms with E-state index < -0.39 is 0 Å². The molecule has 0 saturated carbocycles. The summed E-state index contributed by atoms with van der Waals surface area (Å²) in [7, 11) is 0. The van der Waals surface area contributed by atoms with E-state index in [4.69, 9.17) is 0 Å². The van der Waals surface area contributed by atoms with Gasteiger partial charge in [0.05, 0.1) is 11.2 Å². The molecule has 0 atom stereocenters. The van der Waals surface area contributed by atoms with Gasteiger partial charge < -0.3 is 9.80 Å². The molecule has 1 fully saturated rings. The number of amides is 1. The van der Waals surface area contributed by atoms with E-state index in [0.29, 0.717) is 0 Å². The molecule has 4 heteroatoms. The number of fused-ring (bicyclic) bond motifs is 1. The Bertz CT molecular complexity index is 640. The van der Waals surface area contributed by atoms with Crippen molar-refractivity contribution >= 4 is 22.5 Å². The van der Waals surface area contributed by atoms with Gasteiger partial charge in [-0.1, -0.05) is 24.8 Å². The number of carbonyl (C=O) groups is 1. The van der Waals surface area contributed by atoms with Crippen LogP contribution in [-0.2, 0) is 4.79 Å². The summed E-state index contributed by atoms with van der Waals surface area (Å²) in [6.45, 7) is 6.66. The Kier molecular flexibility index (Phi) is 3.37. The topological polar surface area (TPSA) is 36.4 Å². The summed E-state index contributed by atoms with van der Waals surface area (Å²) >= 11 is 0. The second-order valence-corrected chi connectivity index (χ2v) is 4.87. The van der Waals surface area contributed by atoms with Gasteiger partial charge >= 0.3 is 0 Å². The van der Waals surface area contributed by atoms with Crippen molar-refractivity contribution in [3.8, 4) is 0 Å². The molecule has 3 rings (SSSR count). The summed E-state index contributed by atoms with van der Waals surface area (Å²) < 4.78 is 0. The summed E-state index contributed by atoms with van der Waals surface area (Å²) in [5.41, 5.74) is 2.17. The molecule has 0 aliphatic carbocycles. The monoisotopic (exact) mass is 267 g/mol. The number of anilines is 1. The number of para-hydroxylation sites is 1. The molecule has 4 nitrogen and oxygen atoms in total. The van der Waals surface area contributed by atoms with Gasteiger partial charge in [0.2, 0.25) is 5.91 Å². The summed E-state index contributed by atoms with van der Waals surface area (Å²) in [6.07, 6.45) is 3.21. The summed E-state index contributed by atoms with van der Waals surface area (Å²) in [4.78, 5) is 20.2. The molecule has 1 aromatic carbocycles. The Morgan fingerprint density at radius 3 is 2.65 bits per heavy atom. The highest BCUT2D eigenvalue weighted by Gasteiger charge is 2.20. The van der Waals surface area contributed by atoms with E-state index in [1.54, 1.807) is 0 Å². The molecule has 0 N–H and O–H groups in total. The number of benzene rings is 1. The third kappa shape index (κ3) is 2.25. The molecule has 102 valence electrons. The van der Waals surface area contributed by atoms with Crippen LogP contribution in [0.4, 0.5) is 5.69 Å².